The standard InChI is InChI=1S/C13H16F4N2O2/c14-10-3-1-2-4-11(10)18-12(21)5-6-19(7-8-20)9-13(15,16)17/h1-4,20H,5-9H2,(H,18,21). The van der Waals surface area contributed by atoms with Crippen molar-refractivity contribution >= 4 is 11.6 Å². The molecule has 0 fully saturated rings. The number of hydrogen-bond acceptors (Lipinski definition) is 3. The second-order valence-corrected chi connectivity index (χ2v) is 4.39. The third-order valence-electron chi connectivity index (χ3n) is 2.62. The molecular weight excluding hydrogens is 292 g/mol. The first-order chi connectivity index (χ1) is 9.81. The van der Waals surface area contributed by atoms with Crippen molar-refractivity contribution < 1.29 is 27.5 Å². The van der Waals surface area contributed by atoms with Gasteiger partial charge in [0.05, 0.1) is 18.8 Å². The van der Waals surface area contributed by atoms with Crippen LogP contribution in [0.2, 0.25) is 0 Å². The van der Waals surface area contributed by atoms with E-state index in [-0.39, 0.29) is 25.2 Å². The van der Waals surface area contributed by atoms with Crippen molar-refractivity contribution in [2.24, 2.45) is 0 Å². The zero-order chi connectivity index (χ0) is 15.9. The highest BCUT2D eigenvalue weighted by Gasteiger charge is 2.30. The molecule has 1 rings (SSSR count). The summed E-state index contributed by atoms with van der Waals surface area (Å²) < 4.78 is 50.1. The number of alkyl halides is 3. The predicted octanol–water partition coefficient (Wildman–Crippen LogP) is 2.01. The number of nitrogens with one attached hydrogen (secondary N) is 1. The number of aliphatic hydroxyl groups excluding tert-OH is 1. The smallest absolute Gasteiger partial charge is 0.395 e. The van der Waals surface area contributed by atoms with E-state index in [9.17, 15) is 22.4 Å². The molecule has 4 nitrogen and oxygen atoms in total. The maximum absolute atomic E-state index is 13.3. The molecule has 0 saturated carbocycles. The van der Waals surface area contributed by atoms with E-state index in [0.717, 1.165) is 11.0 Å². The molecule has 0 aliphatic rings. The van der Waals surface area contributed by atoms with Crippen molar-refractivity contribution in [3.05, 3.63) is 30.1 Å². The largest absolute Gasteiger partial charge is 0.401 e. The fourth-order valence-electron chi connectivity index (χ4n) is 1.70. The number of carbonyl (C=O) groups is 1. The number of amides is 1. The predicted molar refractivity (Wildman–Crippen MR) is 69.2 cm³/mol. The van der Waals surface area contributed by atoms with Gasteiger partial charge in [-0.05, 0) is 12.1 Å². The van der Waals surface area contributed by atoms with Gasteiger partial charge in [0, 0.05) is 19.5 Å². The number of rotatable bonds is 7. The molecule has 0 heterocycles. The Kier molecular flexibility index (Phi) is 6.57. The lowest BCUT2D eigenvalue weighted by atomic mass is 10.3. The number of benzene rings is 1. The molecule has 0 bridgehead atoms. The SMILES string of the molecule is O=C(CCN(CCO)CC(F)(F)F)Nc1ccccc1F. The maximum Gasteiger partial charge on any atom is 0.401 e. The summed E-state index contributed by atoms with van der Waals surface area (Å²) in [6.07, 6.45) is -4.64. The summed E-state index contributed by atoms with van der Waals surface area (Å²) in [4.78, 5) is 12.5. The summed E-state index contributed by atoms with van der Waals surface area (Å²) in [5, 5.41) is 11.0. The van der Waals surface area contributed by atoms with Crippen LogP contribution in [0, 0.1) is 5.82 Å². The normalized spacial score (nSPS) is 11.7. The van der Waals surface area contributed by atoms with E-state index in [1.807, 2.05) is 0 Å². The molecule has 0 aromatic heterocycles. The third-order valence-corrected chi connectivity index (χ3v) is 2.62. The Morgan fingerprint density at radius 1 is 1.24 bits per heavy atom. The number of aliphatic hydroxyl groups is 1. The van der Waals surface area contributed by atoms with Gasteiger partial charge >= 0.3 is 6.18 Å². The van der Waals surface area contributed by atoms with Gasteiger partial charge in [-0.25, -0.2) is 4.39 Å². The average molecular weight is 308 g/mol. The van der Waals surface area contributed by atoms with Crippen LogP contribution in [0.3, 0.4) is 0 Å². The Hall–Kier alpha value is -1.67. The molecule has 0 radical (unpaired) electrons. The van der Waals surface area contributed by atoms with Crippen LogP contribution in [-0.4, -0.2) is 48.3 Å². The third kappa shape index (κ3) is 7.05. The van der Waals surface area contributed by atoms with Gasteiger partial charge in [0.15, 0.2) is 0 Å². The van der Waals surface area contributed by atoms with Gasteiger partial charge in [0.25, 0.3) is 0 Å². The topological polar surface area (TPSA) is 52.6 Å². The van der Waals surface area contributed by atoms with Crippen LogP contribution in [0.5, 0.6) is 0 Å². The summed E-state index contributed by atoms with van der Waals surface area (Å²) in [7, 11) is 0. The van der Waals surface area contributed by atoms with Crippen molar-refractivity contribution in [2.45, 2.75) is 12.6 Å². The van der Waals surface area contributed by atoms with Crippen LogP contribution >= 0.6 is 0 Å². The van der Waals surface area contributed by atoms with Gasteiger partial charge in [-0.3, -0.25) is 9.69 Å². The first-order valence-corrected chi connectivity index (χ1v) is 6.26. The number of hydrogen-bond donors (Lipinski definition) is 2. The highest BCUT2D eigenvalue weighted by molar-refractivity contribution is 5.90. The van der Waals surface area contributed by atoms with E-state index < -0.39 is 31.1 Å². The first kappa shape index (κ1) is 17.4. The molecule has 0 atom stereocenters. The minimum Gasteiger partial charge on any atom is -0.395 e. The fourth-order valence-corrected chi connectivity index (χ4v) is 1.70. The maximum atomic E-state index is 13.3. The van der Waals surface area contributed by atoms with Crippen molar-refractivity contribution in [3.8, 4) is 0 Å². The van der Waals surface area contributed by atoms with Crippen LogP contribution in [-0.2, 0) is 4.79 Å². The second-order valence-electron chi connectivity index (χ2n) is 4.39. The molecule has 0 unspecified atom stereocenters. The van der Waals surface area contributed by atoms with Gasteiger partial charge in [0.2, 0.25) is 5.91 Å². The molecule has 0 spiro atoms. The van der Waals surface area contributed by atoms with Gasteiger partial charge in [-0.2, -0.15) is 13.2 Å². The molecule has 8 heteroatoms. The molecule has 0 aliphatic carbocycles. The van der Waals surface area contributed by atoms with Gasteiger partial charge in [-0.1, -0.05) is 12.1 Å². The van der Waals surface area contributed by atoms with E-state index in [1.165, 1.54) is 18.2 Å². The van der Waals surface area contributed by atoms with Crippen LogP contribution in [0.15, 0.2) is 24.3 Å². The monoisotopic (exact) mass is 308 g/mol. The summed E-state index contributed by atoms with van der Waals surface area (Å²) in [5.41, 5.74) is -0.0213. The highest BCUT2D eigenvalue weighted by atomic mass is 19.4. The molecule has 2 N–H and O–H groups in total. The second kappa shape index (κ2) is 7.94. The lowest BCUT2D eigenvalue weighted by molar-refractivity contribution is -0.147. The molecule has 21 heavy (non-hydrogen) atoms. The van der Waals surface area contributed by atoms with Crippen LogP contribution in [0.25, 0.3) is 0 Å². The van der Waals surface area contributed by atoms with E-state index in [1.54, 1.807) is 0 Å². The molecular formula is C13H16F4N2O2. The zero-order valence-electron chi connectivity index (χ0n) is 11.2. The lowest BCUT2D eigenvalue weighted by Gasteiger charge is -2.22. The number of halogens is 4. The average Bonchev–Trinajstić information content (AvgIpc) is 2.37. The van der Waals surface area contributed by atoms with E-state index >= 15 is 0 Å². The van der Waals surface area contributed by atoms with Crippen LogP contribution < -0.4 is 5.32 Å². The van der Waals surface area contributed by atoms with E-state index in [2.05, 4.69) is 5.32 Å². The summed E-state index contributed by atoms with van der Waals surface area (Å²) >= 11 is 0. The summed E-state index contributed by atoms with van der Waals surface area (Å²) in [6.45, 7) is -2.02. The van der Waals surface area contributed by atoms with Crippen molar-refractivity contribution in [3.63, 3.8) is 0 Å². The molecule has 0 saturated heterocycles. The number of nitrogens with zero attached hydrogens (tertiary/aromatic N) is 1. The molecule has 0 aliphatic heterocycles. The number of carbonyl (C=O) groups excluding carboxylic acids is 1. The molecule has 118 valence electrons. The molecule has 1 amide bonds. The quantitative estimate of drug-likeness (QED) is 0.758. The Balaban J connectivity index is 2.48. The first-order valence-electron chi connectivity index (χ1n) is 6.26. The Morgan fingerprint density at radius 2 is 1.90 bits per heavy atom. The Bertz CT molecular complexity index is 466. The summed E-state index contributed by atoms with van der Waals surface area (Å²) in [5.74, 6) is -1.21. The van der Waals surface area contributed by atoms with Crippen molar-refractivity contribution in [2.75, 3.05) is 31.6 Å². The molecule has 1 aromatic rings. The van der Waals surface area contributed by atoms with Crippen LogP contribution in [0.4, 0.5) is 23.2 Å². The van der Waals surface area contributed by atoms with Crippen molar-refractivity contribution in [1.82, 2.24) is 4.90 Å². The summed E-state index contributed by atoms with van der Waals surface area (Å²) in [6, 6.07) is 5.50. The lowest BCUT2D eigenvalue weighted by Crippen LogP contribution is -2.38. The van der Waals surface area contributed by atoms with Gasteiger partial charge < -0.3 is 10.4 Å². The Labute approximate surface area is 119 Å². The van der Waals surface area contributed by atoms with Gasteiger partial charge in [-0.15, -0.1) is 0 Å². The minimum atomic E-state index is -4.41. The van der Waals surface area contributed by atoms with E-state index in [4.69, 9.17) is 5.11 Å². The zero-order valence-corrected chi connectivity index (χ0v) is 11.2. The number of para-hydroxylation sites is 1. The molecule has 1 aromatic carbocycles. The Morgan fingerprint density at radius 3 is 2.48 bits per heavy atom. The van der Waals surface area contributed by atoms with Crippen molar-refractivity contribution in [1.29, 1.82) is 0 Å². The van der Waals surface area contributed by atoms with Gasteiger partial charge in [0.1, 0.15) is 5.82 Å². The fraction of sp³-hybridized carbons (Fsp3) is 0.462. The highest BCUT2D eigenvalue weighted by Crippen LogP contribution is 2.17. The minimum absolute atomic E-state index is 0.0213. The van der Waals surface area contributed by atoms with E-state index in [0.29, 0.717) is 0 Å². The number of anilines is 1. The van der Waals surface area contributed by atoms with Crippen LogP contribution in [0.1, 0.15) is 6.42 Å².